The summed E-state index contributed by atoms with van der Waals surface area (Å²) in [6.45, 7) is 8.01. The highest BCUT2D eigenvalue weighted by Gasteiger charge is 2.50. The smallest absolute Gasteiger partial charge is 0.0888 e. The van der Waals surface area contributed by atoms with Gasteiger partial charge in [-0.05, 0) is 13.3 Å². The minimum absolute atomic E-state index is 0.0105. The van der Waals surface area contributed by atoms with Crippen molar-refractivity contribution in [2.24, 2.45) is 11.3 Å². The fourth-order valence-electron chi connectivity index (χ4n) is 2.54. The van der Waals surface area contributed by atoms with E-state index in [0.29, 0.717) is 0 Å². The van der Waals surface area contributed by atoms with Crippen LogP contribution in [0.1, 0.15) is 33.1 Å². The largest absolute Gasteiger partial charge is 0.394 e. The maximum Gasteiger partial charge on any atom is 0.0888 e. The summed E-state index contributed by atoms with van der Waals surface area (Å²) >= 11 is 0. The molecule has 0 amide bonds. The monoisotopic (exact) mass is 222 g/mol. The first-order chi connectivity index (χ1) is 7.63. The maximum absolute atomic E-state index is 9.30. The van der Waals surface area contributed by atoms with E-state index in [2.05, 4.69) is 19.4 Å². The lowest BCUT2D eigenvalue weighted by Gasteiger charge is -2.28. The highest BCUT2D eigenvalue weighted by molar-refractivity contribution is 5.18. The van der Waals surface area contributed by atoms with Crippen LogP contribution in [0.5, 0.6) is 0 Å². The van der Waals surface area contributed by atoms with Gasteiger partial charge >= 0.3 is 0 Å². The highest BCUT2D eigenvalue weighted by atomic mass is 16.5. The van der Waals surface area contributed by atoms with E-state index >= 15 is 0 Å². The van der Waals surface area contributed by atoms with E-state index in [1.807, 2.05) is 13.0 Å². The van der Waals surface area contributed by atoms with Crippen LogP contribution in [0.3, 0.4) is 0 Å². The van der Waals surface area contributed by atoms with Gasteiger partial charge in [-0.25, -0.2) is 0 Å². The Balaban J connectivity index is 2.86. The Labute approximate surface area is 98.7 Å². The van der Waals surface area contributed by atoms with Crippen molar-refractivity contribution in [3.05, 3.63) is 12.7 Å². The Kier molecular flexibility index (Phi) is 4.58. The third-order valence-corrected chi connectivity index (χ3v) is 3.67. The van der Waals surface area contributed by atoms with Crippen molar-refractivity contribution in [1.29, 1.82) is 0 Å². The summed E-state index contributed by atoms with van der Waals surface area (Å²) in [5, 5.41) is 9.30. The number of aliphatic hydroxyl groups is 1. The summed E-state index contributed by atoms with van der Waals surface area (Å²) in [5.74, 6) is 2.90. The summed E-state index contributed by atoms with van der Waals surface area (Å²) in [5.41, 5.74) is -0.329. The predicted molar refractivity (Wildman–Crippen MR) is 65.9 cm³/mol. The topological polar surface area (TPSA) is 29.5 Å². The molecule has 0 spiro atoms. The first-order valence-electron chi connectivity index (χ1n) is 6.00. The number of aliphatic hydroxyl groups excluding tert-OH is 1. The molecule has 2 nitrogen and oxygen atoms in total. The van der Waals surface area contributed by atoms with Crippen molar-refractivity contribution in [3.8, 4) is 12.3 Å². The zero-order chi connectivity index (χ0) is 12.2. The van der Waals surface area contributed by atoms with Crippen molar-refractivity contribution < 1.29 is 9.84 Å². The Morgan fingerprint density at radius 2 is 2.31 bits per heavy atom. The summed E-state index contributed by atoms with van der Waals surface area (Å²) in [7, 11) is 0. The van der Waals surface area contributed by atoms with Gasteiger partial charge in [0.15, 0.2) is 0 Å². The Bertz CT molecular complexity index is 279. The molecule has 0 radical (unpaired) electrons. The van der Waals surface area contributed by atoms with Gasteiger partial charge in [-0.3, -0.25) is 0 Å². The second-order valence-electron chi connectivity index (χ2n) is 4.68. The number of ether oxygens (including phenoxy) is 1. The summed E-state index contributed by atoms with van der Waals surface area (Å²) < 4.78 is 5.86. The molecule has 0 aliphatic carbocycles. The SMILES string of the molecule is C#CC1(C)C(CCCC)OC(CO)C1C=C. The van der Waals surface area contributed by atoms with Crippen molar-refractivity contribution in [3.63, 3.8) is 0 Å². The lowest BCUT2D eigenvalue weighted by atomic mass is 9.72. The maximum atomic E-state index is 9.30. The number of hydrogen-bond acceptors (Lipinski definition) is 2. The standard InChI is InChI=1S/C14H22O2/c1-5-8-9-13-14(4,7-3)11(6-2)12(10-15)16-13/h3,6,11-13,15H,2,5,8-10H2,1,4H3. The highest BCUT2D eigenvalue weighted by Crippen LogP contribution is 2.45. The summed E-state index contributed by atoms with van der Waals surface area (Å²) in [6, 6.07) is 0. The van der Waals surface area contributed by atoms with Crippen molar-refractivity contribution in [2.75, 3.05) is 6.61 Å². The van der Waals surface area contributed by atoms with Gasteiger partial charge in [-0.1, -0.05) is 31.8 Å². The van der Waals surface area contributed by atoms with E-state index in [9.17, 15) is 5.11 Å². The molecule has 1 aliphatic heterocycles. The number of unbranched alkanes of at least 4 members (excludes halogenated alkanes) is 1. The lowest BCUT2D eigenvalue weighted by molar-refractivity contribution is -0.00740. The van der Waals surface area contributed by atoms with Crippen LogP contribution < -0.4 is 0 Å². The lowest BCUT2D eigenvalue weighted by Crippen LogP contribution is -2.32. The molecule has 1 saturated heterocycles. The van der Waals surface area contributed by atoms with Crippen LogP contribution >= 0.6 is 0 Å². The van der Waals surface area contributed by atoms with Gasteiger partial charge in [0.2, 0.25) is 0 Å². The van der Waals surface area contributed by atoms with Crippen LogP contribution in [0.25, 0.3) is 0 Å². The molecule has 1 heterocycles. The Hall–Kier alpha value is -0.780. The molecule has 90 valence electrons. The van der Waals surface area contributed by atoms with Gasteiger partial charge in [0, 0.05) is 5.92 Å². The zero-order valence-electron chi connectivity index (χ0n) is 10.3. The molecule has 1 rings (SSSR count). The predicted octanol–water partition coefficient (Wildman–Crippen LogP) is 2.38. The molecule has 0 aromatic heterocycles. The fourth-order valence-corrected chi connectivity index (χ4v) is 2.54. The normalized spacial score (nSPS) is 38.2. The van der Waals surface area contributed by atoms with Crippen LogP contribution in [-0.2, 0) is 4.74 Å². The van der Waals surface area contributed by atoms with E-state index in [1.54, 1.807) is 0 Å². The summed E-state index contributed by atoms with van der Waals surface area (Å²) in [4.78, 5) is 0. The van der Waals surface area contributed by atoms with Gasteiger partial charge in [0.1, 0.15) is 0 Å². The molecule has 0 bridgehead atoms. The second kappa shape index (κ2) is 5.52. The first kappa shape index (κ1) is 13.3. The van der Waals surface area contributed by atoms with E-state index in [0.717, 1.165) is 19.3 Å². The van der Waals surface area contributed by atoms with Gasteiger partial charge in [-0.15, -0.1) is 13.0 Å². The first-order valence-corrected chi connectivity index (χ1v) is 6.00. The molecule has 0 aromatic carbocycles. The van der Waals surface area contributed by atoms with E-state index in [1.165, 1.54) is 0 Å². The fraction of sp³-hybridized carbons (Fsp3) is 0.714. The number of terminal acetylenes is 1. The summed E-state index contributed by atoms with van der Waals surface area (Å²) in [6.07, 6.45) is 10.5. The van der Waals surface area contributed by atoms with Crippen molar-refractivity contribution in [2.45, 2.75) is 45.3 Å². The van der Waals surface area contributed by atoms with Crippen LogP contribution in [0.15, 0.2) is 12.7 Å². The zero-order valence-corrected chi connectivity index (χ0v) is 10.3. The van der Waals surface area contributed by atoms with Crippen LogP contribution in [0, 0.1) is 23.7 Å². The van der Waals surface area contributed by atoms with E-state index in [4.69, 9.17) is 11.2 Å². The van der Waals surface area contributed by atoms with Gasteiger partial charge in [0.25, 0.3) is 0 Å². The molecule has 0 aromatic rings. The van der Waals surface area contributed by atoms with E-state index < -0.39 is 0 Å². The quantitative estimate of drug-likeness (QED) is 0.571. The van der Waals surface area contributed by atoms with Crippen molar-refractivity contribution in [1.82, 2.24) is 0 Å². The molecule has 1 aliphatic rings. The van der Waals surface area contributed by atoms with Gasteiger partial charge < -0.3 is 9.84 Å². The molecule has 4 atom stereocenters. The van der Waals surface area contributed by atoms with E-state index in [-0.39, 0.29) is 30.1 Å². The average Bonchev–Trinajstić information content (AvgIpc) is 2.59. The van der Waals surface area contributed by atoms with Gasteiger partial charge in [0.05, 0.1) is 24.2 Å². The number of hydrogen-bond donors (Lipinski definition) is 1. The van der Waals surface area contributed by atoms with Gasteiger partial charge in [-0.2, -0.15) is 0 Å². The average molecular weight is 222 g/mol. The van der Waals surface area contributed by atoms with Crippen LogP contribution in [0.2, 0.25) is 0 Å². The third kappa shape index (κ3) is 2.16. The molecule has 16 heavy (non-hydrogen) atoms. The minimum Gasteiger partial charge on any atom is -0.394 e. The molecule has 4 unspecified atom stereocenters. The minimum atomic E-state index is -0.329. The number of rotatable bonds is 5. The van der Waals surface area contributed by atoms with Crippen molar-refractivity contribution >= 4 is 0 Å². The second-order valence-corrected chi connectivity index (χ2v) is 4.68. The van der Waals surface area contributed by atoms with Crippen LogP contribution in [-0.4, -0.2) is 23.9 Å². The molecule has 1 N–H and O–H groups in total. The molecular weight excluding hydrogens is 200 g/mol. The molecule has 0 saturated carbocycles. The Morgan fingerprint density at radius 1 is 1.62 bits per heavy atom. The molecule has 2 heteroatoms. The molecule has 1 fully saturated rings. The molecular formula is C14H22O2. The Morgan fingerprint density at radius 3 is 2.75 bits per heavy atom. The third-order valence-electron chi connectivity index (χ3n) is 3.67. The van der Waals surface area contributed by atoms with Crippen LogP contribution in [0.4, 0.5) is 0 Å².